The van der Waals surface area contributed by atoms with Crippen LogP contribution in [-0.4, -0.2) is 53.0 Å². The zero-order valence-corrected chi connectivity index (χ0v) is 13.4. The molecule has 0 saturated heterocycles. The van der Waals surface area contributed by atoms with Gasteiger partial charge in [0, 0.05) is 24.8 Å². The van der Waals surface area contributed by atoms with Crippen LogP contribution in [0.5, 0.6) is 0 Å². The number of aliphatic carboxylic acids is 3. The van der Waals surface area contributed by atoms with E-state index in [0.29, 0.717) is 0 Å². The smallest absolute Gasteiger partial charge is 0.550 e. The summed E-state index contributed by atoms with van der Waals surface area (Å²) in [6.07, 6.45) is -2.72. The summed E-state index contributed by atoms with van der Waals surface area (Å²) < 4.78 is 0. The van der Waals surface area contributed by atoms with E-state index in [1.54, 1.807) is 0 Å². The SMILES string of the molecule is O=C([O-])CC(O)(CC(=O)[O-])C(=O)[O-].[K+].[Sb+3]. The van der Waals surface area contributed by atoms with E-state index < -0.39 is 36.4 Å². The Balaban J connectivity index is -0.000000720. The Kier molecular flexibility index (Phi) is 12.6. The number of carboxylic acid groups (broad SMARTS) is 3. The van der Waals surface area contributed by atoms with Crippen molar-refractivity contribution >= 4 is 42.3 Å². The average molecular weight is 350 g/mol. The van der Waals surface area contributed by atoms with Crippen LogP contribution in [0.4, 0.5) is 0 Å². The topological polar surface area (TPSA) is 141 Å². The van der Waals surface area contributed by atoms with Crippen molar-refractivity contribution < 1.29 is 86.2 Å². The summed E-state index contributed by atoms with van der Waals surface area (Å²) in [5.41, 5.74) is -2.97. The molecule has 0 saturated carbocycles. The Labute approximate surface area is 145 Å². The van der Waals surface area contributed by atoms with Gasteiger partial charge in [0.2, 0.25) is 0 Å². The van der Waals surface area contributed by atoms with Gasteiger partial charge in [-0.3, -0.25) is 0 Å². The third-order valence-electron chi connectivity index (χ3n) is 1.25. The van der Waals surface area contributed by atoms with Gasteiger partial charge < -0.3 is 34.8 Å². The van der Waals surface area contributed by atoms with E-state index >= 15 is 0 Å². The van der Waals surface area contributed by atoms with Crippen LogP contribution in [0.2, 0.25) is 0 Å². The third-order valence-corrected chi connectivity index (χ3v) is 1.25. The van der Waals surface area contributed by atoms with E-state index in [9.17, 15) is 29.7 Å². The van der Waals surface area contributed by atoms with E-state index in [-0.39, 0.29) is 75.8 Å². The molecule has 0 amide bonds. The predicted molar refractivity (Wildman–Crippen MR) is 35.0 cm³/mol. The van der Waals surface area contributed by atoms with Gasteiger partial charge in [-0.1, -0.05) is 0 Å². The maximum Gasteiger partial charge on any atom is 3.00 e. The van der Waals surface area contributed by atoms with Gasteiger partial charge in [-0.15, -0.1) is 0 Å². The summed E-state index contributed by atoms with van der Waals surface area (Å²) in [5.74, 6) is -5.98. The van der Waals surface area contributed by atoms with E-state index in [1.807, 2.05) is 0 Å². The Morgan fingerprint density at radius 3 is 1.40 bits per heavy atom. The molecule has 7 nitrogen and oxygen atoms in total. The zero-order chi connectivity index (χ0) is 10.6. The molecule has 0 heterocycles. The molecule has 0 aromatic rings. The first-order valence-electron chi connectivity index (χ1n) is 3.11. The van der Waals surface area contributed by atoms with Crippen molar-refractivity contribution in [3.8, 4) is 0 Å². The molecule has 9 heteroatoms. The number of hydrogen-bond acceptors (Lipinski definition) is 7. The molecule has 0 spiro atoms. The molecule has 0 aromatic carbocycles. The zero-order valence-electron chi connectivity index (χ0n) is 7.76. The first-order valence-corrected chi connectivity index (χ1v) is 3.11. The number of carbonyl (C=O) groups excluding carboxylic acids is 3. The summed E-state index contributed by atoms with van der Waals surface area (Å²) >= 11 is 0. The normalized spacial score (nSPS) is 9.40. The number of rotatable bonds is 5. The first kappa shape index (κ1) is 21.1. The largest absolute Gasteiger partial charge is 3.00 e. The second kappa shape index (κ2) is 8.92. The molecule has 0 atom stereocenters. The van der Waals surface area contributed by atoms with Crippen LogP contribution in [0.1, 0.15) is 12.8 Å². The van der Waals surface area contributed by atoms with Crippen LogP contribution in [0.15, 0.2) is 0 Å². The molecule has 0 fully saturated rings. The van der Waals surface area contributed by atoms with Crippen LogP contribution in [0, 0.1) is 0 Å². The van der Waals surface area contributed by atoms with Crippen molar-refractivity contribution in [2.75, 3.05) is 0 Å². The quantitative estimate of drug-likeness (QED) is 0.486. The van der Waals surface area contributed by atoms with E-state index in [4.69, 9.17) is 5.11 Å². The standard InChI is InChI=1S/C6H8O7.K.Sb/c7-3(8)1-6(13,5(11)12)2-4(9)10;;/h13H,1-2H2,(H,7,8)(H,9,10)(H,11,12);;/q;+1;+3/p-3. The van der Waals surface area contributed by atoms with Crippen molar-refractivity contribution in [1.29, 1.82) is 0 Å². The van der Waals surface area contributed by atoms with Gasteiger partial charge in [-0.25, -0.2) is 0 Å². The fraction of sp³-hybridized carbons (Fsp3) is 0.500. The first-order chi connectivity index (χ1) is 5.78. The molecule has 0 unspecified atom stereocenters. The molecule has 0 rings (SSSR count). The third kappa shape index (κ3) is 8.61. The Morgan fingerprint density at radius 1 is 1.00 bits per heavy atom. The van der Waals surface area contributed by atoms with Gasteiger partial charge in [0.15, 0.2) is 0 Å². The Hall–Kier alpha value is 0.825. The Bertz CT molecular complexity index is 238. The number of carbonyl (C=O) groups is 3. The average Bonchev–Trinajstić information content (AvgIpc) is 1.82. The second-order valence-corrected chi connectivity index (χ2v) is 2.42. The molecule has 1 N–H and O–H groups in total. The minimum absolute atomic E-state index is 0. The van der Waals surface area contributed by atoms with Crippen LogP contribution in [0.25, 0.3) is 0 Å². The van der Waals surface area contributed by atoms with Crippen LogP contribution >= 0.6 is 0 Å². The molecule has 76 valence electrons. The van der Waals surface area contributed by atoms with Crippen molar-refractivity contribution in [3.05, 3.63) is 0 Å². The van der Waals surface area contributed by atoms with Crippen molar-refractivity contribution in [1.82, 2.24) is 0 Å². The molecule has 0 aromatic heterocycles. The maximum atomic E-state index is 10.1. The molecule has 2 radical (unpaired) electrons. The second-order valence-electron chi connectivity index (χ2n) is 2.42. The molecular weight excluding hydrogens is 345 g/mol. The van der Waals surface area contributed by atoms with Gasteiger partial charge in [0.1, 0.15) is 5.60 Å². The number of hydrogen-bond donors (Lipinski definition) is 1. The Morgan fingerprint density at radius 2 is 1.27 bits per heavy atom. The van der Waals surface area contributed by atoms with E-state index in [1.165, 1.54) is 0 Å². The summed E-state index contributed by atoms with van der Waals surface area (Å²) in [5, 5.41) is 38.9. The fourth-order valence-electron chi connectivity index (χ4n) is 0.684. The monoisotopic (exact) mass is 349 g/mol. The predicted octanol–water partition coefficient (Wildman–Crippen LogP) is -8.63. The van der Waals surface area contributed by atoms with Gasteiger partial charge in [0.05, 0.1) is 5.97 Å². The molecule has 15 heavy (non-hydrogen) atoms. The van der Waals surface area contributed by atoms with Gasteiger partial charge >= 0.3 is 75.8 Å². The van der Waals surface area contributed by atoms with Crippen LogP contribution in [0.3, 0.4) is 0 Å². The van der Waals surface area contributed by atoms with Gasteiger partial charge in [0.25, 0.3) is 0 Å². The van der Waals surface area contributed by atoms with E-state index in [0.717, 1.165) is 0 Å². The van der Waals surface area contributed by atoms with Gasteiger partial charge in [-0.2, -0.15) is 0 Å². The summed E-state index contributed by atoms with van der Waals surface area (Å²) in [4.78, 5) is 30.0. The molecule has 0 aliphatic rings. The molecular formula is C6H5KO7Sb+. The minimum atomic E-state index is -2.97. The summed E-state index contributed by atoms with van der Waals surface area (Å²) in [7, 11) is 0. The molecule has 0 aliphatic heterocycles. The summed E-state index contributed by atoms with van der Waals surface area (Å²) in [6.45, 7) is 0. The van der Waals surface area contributed by atoms with Crippen molar-refractivity contribution in [2.45, 2.75) is 18.4 Å². The molecule has 0 bridgehead atoms. The fourth-order valence-corrected chi connectivity index (χ4v) is 0.684. The van der Waals surface area contributed by atoms with Crippen LogP contribution < -0.4 is 66.7 Å². The number of aliphatic hydroxyl groups is 1. The summed E-state index contributed by atoms with van der Waals surface area (Å²) in [6, 6.07) is 0. The van der Waals surface area contributed by atoms with Gasteiger partial charge in [-0.05, 0) is 0 Å². The maximum absolute atomic E-state index is 10.1. The molecule has 0 aliphatic carbocycles. The van der Waals surface area contributed by atoms with Crippen molar-refractivity contribution in [3.63, 3.8) is 0 Å². The van der Waals surface area contributed by atoms with Crippen LogP contribution in [-0.2, 0) is 14.4 Å². The number of carboxylic acids is 3. The minimum Gasteiger partial charge on any atom is -0.550 e. The van der Waals surface area contributed by atoms with Crippen molar-refractivity contribution in [2.24, 2.45) is 0 Å². The van der Waals surface area contributed by atoms with E-state index in [2.05, 4.69) is 0 Å².